The minimum atomic E-state index is -1.05. The highest BCUT2D eigenvalue weighted by atomic mass is 16.5. The molecular formula is C12H15O4-. The monoisotopic (exact) mass is 223 g/mol. The fourth-order valence-corrected chi connectivity index (χ4v) is 1.53. The second-order valence-corrected chi connectivity index (χ2v) is 3.63. The third kappa shape index (κ3) is 2.89. The molecule has 0 aromatic heterocycles. The van der Waals surface area contributed by atoms with Gasteiger partial charge in [0.15, 0.2) is 11.5 Å². The number of benzene rings is 1. The van der Waals surface area contributed by atoms with E-state index in [0.29, 0.717) is 18.6 Å². The summed E-state index contributed by atoms with van der Waals surface area (Å²) in [6.45, 7) is 1.80. The second kappa shape index (κ2) is 5.39. The summed E-state index contributed by atoms with van der Waals surface area (Å²) in [5.41, 5.74) is 0.811. The van der Waals surface area contributed by atoms with E-state index in [0.717, 1.165) is 5.56 Å². The smallest absolute Gasteiger partial charge is 0.160 e. The van der Waals surface area contributed by atoms with Crippen molar-refractivity contribution in [3.05, 3.63) is 23.8 Å². The molecule has 0 saturated heterocycles. The molecule has 4 nitrogen and oxygen atoms in total. The predicted octanol–water partition coefficient (Wildman–Crippen LogP) is 0.719. The van der Waals surface area contributed by atoms with Crippen LogP contribution in [0.5, 0.6) is 11.5 Å². The van der Waals surface area contributed by atoms with Crippen LogP contribution in [0.4, 0.5) is 0 Å². The molecule has 0 amide bonds. The topological polar surface area (TPSA) is 69.6 Å². The molecule has 4 heteroatoms. The predicted molar refractivity (Wildman–Crippen MR) is 57.2 cm³/mol. The number of rotatable bonds is 5. The van der Waals surface area contributed by atoms with Crippen LogP contribution < -0.4 is 9.84 Å². The van der Waals surface area contributed by atoms with Crippen molar-refractivity contribution in [2.45, 2.75) is 19.8 Å². The normalized spacial score (nSPS) is 12.1. The Labute approximate surface area is 94.5 Å². The number of methoxy groups -OCH3 is 1. The van der Waals surface area contributed by atoms with Gasteiger partial charge in [0.1, 0.15) is 0 Å². The van der Waals surface area contributed by atoms with Crippen LogP contribution >= 0.6 is 0 Å². The largest absolute Gasteiger partial charge is 0.550 e. The maximum Gasteiger partial charge on any atom is 0.160 e. The highest BCUT2D eigenvalue weighted by Gasteiger charge is 2.10. The van der Waals surface area contributed by atoms with E-state index in [1.54, 1.807) is 19.1 Å². The Morgan fingerprint density at radius 3 is 2.75 bits per heavy atom. The summed E-state index contributed by atoms with van der Waals surface area (Å²) in [5.74, 6) is -1.15. The molecule has 0 radical (unpaired) electrons. The molecular weight excluding hydrogens is 208 g/mol. The first-order chi connectivity index (χ1) is 7.58. The summed E-state index contributed by atoms with van der Waals surface area (Å²) in [4.78, 5) is 10.8. The zero-order valence-electron chi connectivity index (χ0n) is 9.40. The van der Waals surface area contributed by atoms with Crippen molar-refractivity contribution in [2.24, 2.45) is 5.92 Å². The van der Waals surface area contributed by atoms with Crippen molar-refractivity contribution < 1.29 is 19.7 Å². The number of carbonyl (C=O) groups excluding carboxylic acids is 1. The Morgan fingerprint density at radius 2 is 2.25 bits per heavy atom. The first-order valence-corrected chi connectivity index (χ1v) is 5.15. The van der Waals surface area contributed by atoms with Gasteiger partial charge in [-0.15, -0.1) is 0 Å². The Morgan fingerprint density at radius 1 is 1.56 bits per heavy atom. The number of hydrogen-bond acceptors (Lipinski definition) is 4. The van der Waals surface area contributed by atoms with Gasteiger partial charge in [0.25, 0.3) is 0 Å². The fraction of sp³-hybridized carbons (Fsp3) is 0.417. The lowest BCUT2D eigenvalue weighted by Gasteiger charge is -2.16. The van der Waals surface area contributed by atoms with Gasteiger partial charge in [-0.25, -0.2) is 0 Å². The first kappa shape index (κ1) is 12.4. The molecule has 0 fully saturated rings. The van der Waals surface area contributed by atoms with Crippen molar-refractivity contribution in [3.8, 4) is 11.5 Å². The number of ether oxygens (including phenoxy) is 1. The van der Waals surface area contributed by atoms with Crippen molar-refractivity contribution in [2.75, 3.05) is 7.11 Å². The summed E-state index contributed by atoms with van der Waals surface area (Å²) in [5, 5.41) is 20.1. The SMILES string of the molecule is CCC(Cc1ccc(O)c(OC)c1)C(=O)[O-]. The lowest BCUT2D eigenvalue weighted by atomic mass is 9.97. The molecule has 0 aliphatic carbocycles. The van der Waals surface area contributed by atoms with E-state index in [-0.39, 0.29) is 5.75 Å². The van der Waals surface area contributed by atoms with E-state index in [2.05, 4.69) is 0 Å². The van der Waals surface area contributed by atoms with Crippen LogP contribution in [0.1, 0.15) is 18.9 Å². The Kier molecular flexibility index (Phi) is 4.17. The van der Waals surface area contributed by atoms with Gasteiger partial charge < -0.3 is 19.7 Å². The third-order valence-electron chi connectivity index (χ3n) is 2.55. The number of phenolic OH excluding ortho intramolecular Hbond substituents is 1. The summed E-state index contributed by atoms with van der Waals surface area (Å²) in [6.07, 6.45) is 0.904. The van der Waals surface area contributed by atoms with Gasteiger partial charge in [0.05, 0.1) is 7.11 Å². The zero-order chi connectivity index (χ0) is 12.1. The van der Waals surface area contributed by atoms with Gasteiger partial charge in [0.2, 0.25) is 0 Å². The van der Waals surface area contributed by atoms with Gasteiger partial charge in [0, 0.05) is 11.9 Å². The van der Waals surface area contributed by atoms with E-state index in [1.165, 1.54) is 13.2 Å². The third-order valence-corrected chi connectivity index (χ3v) is 2.55. The molecule has 1 unspecified atom stereocenters. The van der Waals surface area contributed by atoms with E-state index in [9.17, 15) is 15.0 Å². The number of aliphatic carboxylic acids is 1. The number of carboxylic acid groups (broad SMARTS) is 1. The van der Waals surface area contributed by atoms with E-state index >= 15 is 0 Å². The minimum absolute atomic E-state index is 0.0488. The highest BCUT2D eigenvalue weighted by molar-refractivity contribution is 5.68. The summed E-state index contributed by atoms with van der Waals surface area (Å²) in [7, 11) is 1.45. The van der Waals surface area contributed by atoms with E-state index < -0.39 is 11.9 Å². The standard InChI is InChI=1S/C12H16O4/c1-3-9(12(14)15)6-8-4-5-10(13)11(7-8)16-2/h4-5,7,9,13H,3,6H2,1-2H3,(H,14,15)/p-1. The molecule has 1 N–H and O–H groups in total. The molecule has 16 heavy (non-hydrogen) atoms. The minimum Gasteiger partial charge on any atom is -0.550 e. The number of aromatic hydroxyl groups is 1. The van der Waals surface area contributed by atoms with Crippen LogP contribution in [0.3, 0.4) is 0 Å². The number of hydrogen-bond donors (Lipinski definition) is 1. The quantitative estimate of drug-likeness (QED) is 0.798. The van der Waals surface area contributed by atoms with Crippen LogP contribution in [0.2, 0.25) is 0 Å². The molecule has 0 aliphatic rings. The van der Waals surface area contributed by atoms with Crippen molar-refractivity contribution in [1.82, 2.24) is 0 Å². The van der Waals surface area contributed by atoms with E-state index in [1.807, 2.05) is 0 Å². The van der Waals surface area contributed by atoms with Gasteiger partial charge >= 0.3 is 0 Å². The number of phenols is 1. The van der Waals surface area contributed by atoms with Crippen LogP contribution in [-0.2, 0) is 11.2 Å². The molecule has 0 heterocycles. The number of carbonyl (C=O) groups is 1. The Bertz CT molecular complexity index is 373. The molecule has 0 saturated carbocycles. The van der Waals surface area contributed by atoms with Crippen molar-refractivity contribution in [3.63, 3.8) is 0 Å². The molecule has 1 aromatic rings. The molecule has 1 aromatic carbocycles. The summed E-state index contributed by atoms with van der Waals surface area (Å²) >= 11 is 0. The lowest BCUT2D eigenvalue weighted by Crippen LogP contribution is -2.32. The van der Waals surface area contributed by atoms with Crippen molar-refractivity contribution >= 4 is 5.97 Å². The van der Waals surface area contributed by atoms with Gasteiger partial charge in [-0.3, -0.25) is 0 Å². The second-order valence-electron chi connectivity index (χ2n) is 3.63. The number of carboxylic acids is 1. The summed E-state index contributed by atoms with van der Waals surface area (Å²) < 4.78 is 4.95. The zero-order valence-corrected chi connectivity index (χ0v) is 9.40. The summed E-state index contributed by atoms with van der Waals surface area (Å²) in [6, 6.07) is 4.82. The highest BCUT2D eigenvalue weighted by Crippen LogP contribution is 2.27. The molecule has 1 atom stereocenters. The van der Waals surface area contributed by atoms with Gasteiger partial charge in [-0.2, -0.15) is 0 Å². The van der Waals surface area contributed by atoms with Crippen LogP contribution in [0, 0.1) is 5.92 Å². The average Bonchev–Trinajstić information content (AvgIpc) is 2.27. The fourth-order valence-electron chi connectivity index (χ4n) is 1.53. The van der Waals surface area contributed by atoms with E-state index in [4.69, 9.17) is 4.74 Å². The van der Waals surface area contributed by atoms with Crippen LogP contribution in [0.25, 0.3) is 0 Å². The van der Waals surface area contributed by atoms with Gasteiger partial charge in [-0.1, -0.05) is 13.0 Å². The molecule has 0 aliphatic heterocycles. The van der Waals surface area contributed by atoms with Gasteiger partial charge in [-0.05, 0) is 30.5 Å². The lowest BCUT2D eigenvalue weighted by molar-refractivity contribution is -0.311. The van der Waals surface area contributed by atoms with Crippen LogP contribution in [-0.4, -0.2) is 18.2 Å². The maximum absolute atomic E-state index is 10.8. The molecule has 0 bridgehead atoms. The Balaban J connectivity index is 2.84. The molecule has 1 rings (SSSR count). The molecule has 88 valence electrons. The maximum atomic E-state index is 10.8. The molecule has 0 spiro atoms. The van der Waals surface area contributed by atoms with Crippen LogP contribution in [0.15, 0.2) is 18.2 Å². The van der Waals surface area contributed by atoms with Crippen molar-refractivity contribution in [1.29, 1.82) is 0 Å². The average molecular weight is 223 g/mol. The first-order valence-electron chi connectivity index (χ1n) is 5.15. The Hall–Kier alpha value is -1.71.